The topological polar surface area (TPSA) is 54.6 Å². The molecule has 0 bridgehead atoms. The van der Waals surface area contributed by atoms with Crippen LogP contribution >= 0.6 is 23.6 Å². The van der Waals surface area contributed by atoms with Gasteiger partial charge in [0.2, 0.25) is 5.13 Å². The molecule has 2 N–H and O–H groups in total. The predicted octanol–water partition coefficient (Wildman–Crippen LogP) is 1.28. The maximum Gasteiger partial charge on any atom is 0.204 e. The maximum atomic E-state index is 11.4. The Hall–Kier alpha value is -1.77. The normalized spacial score (nSPS) is 15.5. The molecule has 0 spiro atoms. The highest BCUT2D eigenvalue weighted by molar-refractivity contribution is 7.73. The smallest absolute Gasteiger partial charge is 0.204 e. The number of piperazine rings is 1. The Kier molecular flexibility index (Phi) is 5.27. The first-order chi connectivity index (χ1) is 11.6. The highest BCUT2D eigenvalue weighted by atomic mass is 32.1. The highest BCUT2D eigenvalue weighted by Gasteiger charge is 2.21. The lowest BCUT2D eigenvalue weighted by molar-refractivity contribution is -0.924. The Balaban J connectivity index is 1.58. The number of ketones is 1. The van der Waals surface area contributed by atoms with Crippen molar-refractivity contribution in [1.29, 1.82) is 0 Å². The number of nitrogens with zero attached hydrogens (tertiary/aromatic N) is 3. The van der Waals surface area contributed by atoms with Gasteiger partial charge in [-0.25, -0.2) is 0 Å². The molecule has 0 unspecified atom stereocenters. The maximum absolute atomic E-state index is 11.4. The first-order valence-corrected chi connectivity index (χ1v) is 9.24. The second kappa shape index (κ2) is 7.42. The molecule has 128 valence electrons. The van der Waals surface area contributed by atoms with Crippen molar-refractivity contribution in [3.63, 3.8) is 0 Å². The zero-order chi connectivity index (χ0) is 17.1. The van der Waals surface area contributed by atoms with Gasteiger partial charge in [0.15, 0.2) is 16.4 Å². The molecule has 6 nitrogen and oxygen atoms in total. The van der Waals surface area contributed by atoms with Crippen molar-refractivity contribution < 1.29 is 9.69 Å². The minimum absolute atomic E-state index is 0.108. The fourth-order valence-electron chi connectivity index (χ4n) is 2.87. The first-order valence-electron chi connectivity index (χ1n) is 8.02. The summed E-state index contributed by atoms with van der Waals surface area (Å²) in [5.74, 6) is 0.108. The number of hydrogen-bond acceptors (Lipinski definition) is 6. The molecule has 0 atom stereocenters. The molecule has 8 heteroatoms. The first kappa shape index (κ1) is 17.1. The number of rotatable bonds is 5. The van der Waals surface area contributed by atoms with Crippen molar-refractivity contribution in [2.24, 2.45) is 0 Å². The van der Waals surface area contributed by atoms with Gasteiger partial charge < -0.3 is 15.1 Å². The molecule has 0 aliphatic carbocycles. The van der Waals surface area contributed by atoms with Crippen LogP contribution in [0.1, 0.15) is 17.3 Å². The SMILES string of the molecule is CNc1nn(C[NH+]2CCN(c3ccc(C(C)=O)cc3)CC2)c(=S)s1. The molecule has 1 aliphatic heterocycles. The molecule has 24 heavy (non-hydrogen) atoms. The van der Waals surface area contributed by atoms with Crippen LogP contribution < -0.4 is 15.1 Å². The summed E-state index contributed by atoms with van der Waals surface area (Å²) in [7, 11) is 1.86. The quantitative estimate of drug-likeness (QED) is 0.618. The van der Waals surface area contributed by atoms with E-state index < -0.39 is 0 Å². The number of aromatic nitrogens is 2. The largest absolute Gasteiger partial charge is 0.363 e. The summed E-state index contributed by atoms with van der Waals surface area (Å²) in [6.45, 7) is 6.48. The third-order valence-corrected chi connectivity index (χ3v) is 5.63. The van der Waals surface area contributed by atoms with E-state index in [0.29, 0.717) is 0 Å². The summed E-state index contributed by atoms with van der Waals surface area (Å²) in [4.78, 5) is 15.2. The minimum Gasteiger partial charge on any atom is -0.363 e. The predicted molar refractivity (Wildman–Crippen MR) is 99.8 cm³/mol. The molecule has 0 saturated carbocycles. The zero-order valence-electron chi connectivity index (χ0n) is 13.9. The lowest BCUT2D eigenvalue weighted by Gasteiger charge is -2.33. The number of Topliss-reactive ketones (excluding diaryl/α,β-unsaturated/α-hetero) is 1. The van der Waals surface area contributed by atoms with E-state index in [-0.39, 0.29) is 5.78 Å². The molecule has 0 radical (unpaired) electrons. The van der Waals surface area contributed by atoms with E-state index >= 15 is 0 Å². The average Bonchev–Trinajstić information content (AvgIpc) is 2.95. The van der Waals surface area contributed by atoms with Crippen molar-refractivity contribution in [3.05, 3.63) is 33.8 Å². The number of hydrogen-bond donors (Lipinski definition) is 2. The van der Waals surface area contributed by atoms with Gasteiger partial charge in [-0.15, -0.1) is 5.10 Å². The molecule has 2 heterocycles. The average molecular weight is 365 g/mol. The number of carbonyl (C=O) groups excluding carboxylic acids is 1. The molecule has 1 aromatic heterocycles. The third-order valence-electron chi connectivity index (χ3n) is 4.30. The van der Waals surface area contributed by atoms with Crippen LogP contribution in [0.15, 0.2) is 24.3 Å². The van der Waals surface area contributed by atoms with Gasteiger partial charge in [0.25, 0.3) is 0 Å². The Morgan fingerprint density at radius 1 is 1.33 bits per heavy atom. The lowest BCUT2D eigenvalue weighted by atomic mass is 10.1. The molecule has 0 amide bonds. The van der Waals surface area contributed by atoms with Crippen LogP contribution in [0.3, 0.4) is 0 Å². The molecule has 1 aliphatic rings. The molecular formula is C16H22N5OS2+. The van der Waals surface area contributed by atoms with Gasteiger partial charge in [0, 0.05) is 18.3 Å². The van der Waals surface area contributed by atoms with Crippen LogP contribution in [0, 0.1) is 3.95 Å². The number of quaternary nitrogens is 1. The monoisotopic (exact) mass is 364 g/mol. The third kappa shape index (κ3) is 3.82. The van der Waals surface area contributed by atoms with E-state index in [1.54, 1.807) is 6.92 Å². The van der Waals surface area contributed by atoms with Crippen LogP contribution in [-0.4, -0.2) is 48.8 Å². The summed E-state index contributed by atoms with van der Waals surface area (Å²) in [5, 5.41) is 8.39. The van der Waals surface area contributed by atoms with E-state index in [1.807, 2.05) is 36.0 Å². The van der Waals surface area contributed by atoms with Gasteiger partial charge in [0.1, 0.15) is 0 Å². The van der Waals surface area contributed by atoms with Crippen LogP contribution in [0.25, 0.3) is 0 Å². The lowest BCUT2D eigenvalue weighted by Crippen LogP contribution is -3.14. The number of anilines is 2. The molecular weight excluding hydrogens is 342 g/mol. The highest BCUT2D eigenvalue weighted by Crippen LogP contribution is 2.16. The van der Waals surface area contributed by atoms with E-state index in [0.717, 1.165) is 47.5 Å². The van der Waals surface area contributed by atoms with Gasteiger partial charge in [-0.3, -0.25) is 4.79 Å². The second-order valence-corrected chi connectivity index (χ2v) is 7.54. The van der Waals surface area contributed by atoms with E-state index in [2.05, 4.69) is 15.3 Å². The zero-order valence-corrected chi connectivity index (χ0v) is 15.5. The van der Waals surface area contributed by atoms with Gasteiger partial charge in [-0.1, -0.05) is 11.3 Å². The Morgan fingerprint density at radius 3 is 2.54 bits per heavy atom. The Bertz CT molecular complexity index is 760. The molecule has 1 aromatic carbocycles. The summed E-state index contributed by atoms with van der Waals surface area (Å²) >= 11 is 6.88. The number of nitrogens with one attached hydrogen (secondary N) is 2. The molecule has 2 aromatic rings. The van der Waals surface area contributed by atoms with Crippen LogP contribution in [0.2, 0.25) is 0 Å². The number of benzene rings is 1. The molecule has 3 rings (SSSR count). The molecule has 1 saturated heterocycles. The van der Waals surface area contributed by atoms with Crippen molar-refractivity contribution >= 4 is 40.2 Å². The van der Waals surface area contributed by atoms with Crippen molar-refractivity contribution in [2.75, 3.05) is 43.4 Å². The van der Waals surface area contributed by atoms with E-state index in [4.69, 9.17) is 12.2 Å². The minimum atomic E-state index is 0.108. The fourth-order valence-corrected chi connectivity index (χ4v) is 3.82. The van der Waals surface area contributed by atoms with Gasteiger partial charge >= 0.3 is 0 Å². The van der Waals surface area contributed by atoms with E-state index in [9.17, 15) is 4.79 Å². The van der Waals surface area contributed by atoms with Crippen LogP contribution in [-0.2, 0) is 6.67 Å². The number of carbonyl (C=O) groups is 1. The van der Waals surface area contributed by atoms with Gasteiger partial charge in [-0.2, -0.15) is 4.68 Å². The van der Waals surface area contributed by atoms with Crippen LogP contribution in [0.5, 0.6) is 0 Å². The summed E-state index contributed by atoms with van der Waals surface area (Å²) in [6, 6.07) is 7.89. The molecule has 1 fully saturated rings. The standard InChI is InChI=1S/C16H21N5OS2/c1-12(22)13-3-5-14(6-4-13)20-9-7-19(8-10-20)11-21-16(23)24-15(17-2)18-21/h3-6H,7-11H2,1-2H3,(H,17,18)/p+1. The van der Waals surface area contributed by atoms with E-state index in [1.165, 1.54) is 21.9 Å². The second-order valence-electron chi connectivity index (χ2n) is 5.92. The Labute approximate surface area is 150 Å². The van der Waals surface area contributed by atoms with Crippen molar-refractivity contribution in [1.82, 2.24) is 9.78 Å². The van der Waals surface area contributed by atoms with Crippen molar-refractivity contribution in [3.8, 4) is 0 Å². The Morgan fingerprint density at radius 2 is 2.00 bits per heavy atom. The summed E-state index contributed by atoms with van der Waals surface area (Å²) < 4.78 is 2.73. The van der Waals surface area contributed by atoms with Gasteiger partial charge in [-0.05, 0) is 43.4 Å². The summed E-state index contributed by atoms with van der Waals surface area (Å²) in [6.07, 6.45) is 0. The summed E-state index contributed by atoms with van der Waals surface area (Å²) in [5.41, 5.74) is 1.95. The van der Waals surface area contributed by atoms with Gasteiger partial charge in [0.05, 0.1) is 26.2 Å². The van der Waals surface area contributed by atoms with Crippen molar-refractivity contribution in [2.45, 2.75) is 13.6 Å². The van der Waals surface area contributed by atoms with Crippen LogP contribution in [0.4, 0.5) is 10.8 Å². The fraction of sp³-hybridized carbons (Fsp3) is 0.438.